The summed E-state index contributed by atoms with van der Waals surface area (Å²) in [5.41, 5.74) is 6.07. The number of methoxy groups -OCH3 is 1. The zero-order valence-corrected chi connectivity index (χ0v) is 11.2. The second-order valence-electron chi connectivity index (χ2n) is 4.42. The molecule has 2 N–H and O–H groups in total. The zero-order chi connectivity index (χ0) is 14.0. The fourth-order valence-electron chi connectivity index (χ4n) is 1.95. The molecule has 1 aromatic rings. The molecule has 0 saturated carbocycles. The molecule has 1 heterocycles. The lowest BCUT2D eigenvalue weighted by Gasteiger charge is -2.16. The van der Waals surface area contributed by atoms with Gasteiger partial charge in [0.2, 0.25) is 0 Å². The standard InChI is InChI=1S/C12H15NO5S/c1-17-12(14)8-3-2-4-9(5-8)18-11-7-19(15,16)6-10(11)13/h2-5,10-11H,6-7,13H2,1H3. The van der Waals surface area contributed by atoms with E-state index < -0.39 is 28.0 Å². The smallest absolute Gasteiger partial charge is 0.337 e. The molecule has 0 radical (unpaired) electrons. The van der Waals surface area contributed by atoms with E-state index in [0.717, 1.165) is 0 Å². The summed E-state index contributed by atoms with van der Waals surface area (Å²) < 4.78 is 33.0. The summed E-state index contributed by atoms with van der Waals surface area (Å²) >= 11 is 0. The van der Waals surface area contributed by atoms with Gasteiger partial charge in [-0.15, -0.1) is 0 Å². The number of carbonyl (C=O) groups is 1. The van der Waals surface area contributed by atoms with Crippen LogP contribution in [0.3, 0.4) is 0 Å². The van der Waals surface area contributed by atoms with Gasteiger partial charge >= 0.3 is 5.97 Å². The van der Waals surface area contributed by atoms with Crippen molar-refractivity contribution in [3.63, 3.8) is 0 Å². The van der Waals surface area contributed by atoms with Gasteiger partial charge in [-0.1, -0.05) is 6.07 Å². The number of esters is 1. The van der Waals surface area contributed by atoms with Gasteiger partial charge in [-0.2, -0.15) is 0 Å². The first kappa shape index (κ1) is 13.8. The van der Waals surface area contributed by atoms with E-state index in [-0.39, 0.29) is 11.5 Å². The maximum atomic E-state index is 11.4. The van der Waals surface area contributed by atoms with Crippen LogP contribution in [0.5, 0.6) is 5.75 Å². The van der Waals surface area contributed by atoms with E-state index in [4.69, 9.17) is 10.5 Å². The first-order valence-corrected chi connectivity index (χ1v) is 7.54. The highest BCUT2D eigenvalue weighted by atomic mass is 32.2. The molecule has 2 rings (SSSR count). The Morgan fingerprint density at radius 2 is 2.11 bits per heavy atom. The van der Waals surface area contributed by atoms with Crippen molar-refractivity contribution >= 4 is 15.8 Å². The van der Waals surface area contributed by atoms with Crippen LogP contribution >= 0.6 is 0 Å². The Balaban J connectivity index is 2.14. The topological polar surface area (TPSA) is 95.7 Å². The Morgan fingerprint density at radius 3 is 2.68 bits per heavy atom. The number of rotatable bonds is 3. The minimum Gasteiger partial charge on any atom is -0.488 e. The summed E-state index contributed by atoms with van der Waals surface area (Å²) in [5.74, 6) is -0.250. The normalized spacial score (nSPS) is 24.9. The molecule has 1 aliphatic rings. The highest BCUT2D eigenvalue weighted by Crippen LogP contribution is 2.20. The van der Waals surface area contributed by atoms with Gasteiger partial charge in [0.15, 0.2) is 9.84 Å². The summed E-state index contributed by atoms with van der Waals surface area (Å²) in [6.07, 6.45) is -0.585. The molecular weight excluding hydrogens is 270 g/mol. The Labute approximate surface area is 111 Å². The van der Waals surface area contributed by atoms with Crippen molar-refractivity contribution in [1.82, 2.24) is 0 Å². The second-order valence-corrected chi connectivity index (χ2v) is 6.57. The molecule has 1 aliphatic heterocycles. The highest BCUT2D eigenvalue weighted by molar-refractivity contribution is 7.91. The number of sulfone groups is 1. The van der Waals surface area contributed by atoms with Crippen molar-refractivity contribution in [3.8, 4) is 5.75 Å². The lowest BCUT2D eigenvalue weighted by Crippen LogP contribution is -2.37. The van der Waals surface area contributed by atoms with Crippen LogP contribution in [0.15, 0.2) is 24.3 Å². The van der Waals surface area contributed by atoms with Crippen LogP contribution < -0.4 is 10.5 Å². The van der Waals surface area contributed by atoms with Gasteiger partial charge in [0.05, 0.1) is 30.2 Å². The van der Waals surface area contributed by atoms with E-state index in [9.17, 15) is 13.2 Å². The molecule has 104 valence electrons. The molecule has 0 bridgehead atoms. The predicted octanol–water partition coefficient (Wildman–Crippen LogP) is -0.0237. The van der Waals surface area contributed by atoms with Crippen molar-refractivity contribution in [2.75, 3.05) is 18.6 Å². The Hall–Kier alpha value is -1.60. The van der Waals surface area contributed by atoms with Gasteiger partial charge in [-0.05, 0) is 18.2 Å². The molecule has 19 heavy (non-hydrogen) atoms. The molecule has 2 unspecified atom stereocenters. The summed E-state index contributed by atoms with van der Waals surface area (Å²) in [7, 11) is -1.85. The Bertz CT molecular complexity index is 584. The van der Waals surface area contributed by atoms with Gasteiger partial charge in [0, 0.05) is 0 Å². The third-order valence-corrected chi connectivity index (χ3v) is 4.61. The van der Waals surface area contributed by atoms with E-state index in [1.807, 2.05) is 0 Å². The Morgan fingerprint density at radius 1 is 1.37 bits per heavy atom. The van der Waals surface area contributed by atoms with E-state index in [2.05, 4.69) is 4.74 Å². The number of benzene rings is 1. The van der Waals surface area contributed by atoms with Crippen LogP contribution in [0.25, 0.3) is 0 Å². The van der Waals surface area contributed by atoms with Crippen LogP contribution in [0.2, 0.25) is 0 Å². The average Bonchev–Trinajstić information content (AvgIpc) is 2.61. The predicted molar refractivity (Wildman–Crippen MR) is 68.8 cm³/mol. The van der Waals surface area contributed by atoms with Crippen molar-refractivity contribution in [2.45, 2.75) is 12.1 Å². The van der Waals surface area contributed by atoms with Crippen LogP contribution in [0.4, 0.5) is 0 Å². The number of hydrogen-bond donors (Lipinski definition) is 1. The molecule has 0 aliphatic carbocycles. The summed E-state index contributed by atoms with van der Waals surface area (Å²) in [6.45, 7) is 0. The lowest BCUT2D eigenvalue weighted by molar-refractivity contribution is 0.0600. The van der Waals surface area contributed by atoms with E-state index >= 15 is 0 Å². The molecule has 6 nitrogen and oxygen atoms in total. The maximum absolute atomic E-state index is 11.4. The third kappa shape index (κ3) is 3.24. The lowest BCUT2D eigenvalue weighted by atomic mass is 10.2. The van der Waals surface area contributed by atoms with E-state index in [0.29, 0.717) is 11.3 Å². The minimum atomic E-state index is -3.14. The molecule has 1 aromatic carbocycles. The van der Waals surface area contributed by atoms with Gasteiger partial charge in [-0.3, -0.25) is 0 Å². The molecule has 2 atom stereocenters. The molecule has 1 fully saturated rings. The van der Waals surface area contributed by atoms with Crippen molar-refractivity contribution in [3.05, 3.63) is 29.8 Å². The number of ether oxygens (including phenoxy) is 2. The molecule has 1 saturated heterocycles. The largest absolute Gasteiger partial charge is 0.488 e. The molecule has 0 amide bonds. The van der Waals surface area contributed by atoms with Crippen LogP contribution in [-0.2, 0) is 14.6 Å². The van der Waals surface area contributed by atoms with Crippen molar-refractivity contribution in [2.24, 2.45) is 5.73 Å². The van der Waals surface area contributed by atoms with Gasteiger partial charge in [-0.25, -0.2) is 13.2 Å². The third-order valence-electron chi connectivity index (χ3n) is 2.88. The minimum absolute atomic E-state index is 0.0750. The summed E-state index contributed by atoms with van der Waals surface area (Å²) in [5, 5.41) is 0. The van der Waals surface area contributed by atoms with E-state index in [1.165, 1.54) is 13.2 Å². The average molecular weight is 285 g/mol. The van der Waals surface area contributed by atoms with Crippen LogP contribution in [-0.4, -0.2) is 45.1 Å². The van der Waals surface area contributed by atoms with Gasteiger partial charge in [0.1, 0.15) is 11.9 Å². The monoisotopic (exact) mass is 285 g/mol. The first-order chi connectivity index (χ1) is 8.91. The number of nitrogens with two attached hydrogens (primary N) is 1. The van der Waals surface area contributed by atoms with E-state index in [1.54, 1.807) is 18.2 Å². The van der Waals surface area contributed by atoms with Gasteiger partial charge < -0.3 is 15.2 Å². The molecule has 0 aromatic heterocycles. The molecule has 7 heteroatoms. The van der Waals surface area contributed by atoms with Gasteiger partial charge in [0.25, 0.3) is 0 Å². The number of carbonyl (C=O) groups excluding carboxylic acids is 1. The zero-order valence-electron chi connectivity index (χ0n) is 10.4. The van der Waals surface area contributed by atoms with Crippen LogP contribution in [0, 0.1) is 0 Å². The fraction of sp³-hybridized carbons (Fsp3) is 0.417. The SMILES string of the molecule is COC(=O)c1cccc(OC2CS(=O)(=O)CC2N)c1. The molecule has 0 spiro atoms. The summed E-state index contributed by atoms with van der Waals surface area (Å²) in [6, 6.07) is 5.82. The van der Waals surface area contributed by atoms with Crippen molar-refractivity contribution < 1.29 is 22.7 Å². The first-order valence-electron chi connectivity index (χ1n) is 5.72. The van der Waals surface area contributed by atoms with Crippen LogP contribution in [0.1, 0.15) is 10.4 Å². The quantitative estimate of drug-likeness (QED) is 0.784. The maximum Gasteiger partial charge on any atom is 0.337 e. The molecular formula is C12H15NO5S. The number of hydrogen-bond acceptors (Lipinski definition) is 6. The fourth-order valence-corrected chi connectivity index (χ4v) is 3.71. The Kier molecular flexibility index (Phi) is 3.77. The van der Waals surface area contributed by atoms with Crippen molar-refractivity contribution in [1.29, 1.82) is 0 Å². The summed E-state index contributed by atoms with van der Waals surface area (Å²) in [4.78, 5) is 11.4. The second kappa shape index (κ2) is 5.18. The highest BCUT2D eigenvalue weighted by Gasteiger charge is 2.36.